The van der Waals surface area contributed by atoms with Crippen LogP contribution < -0.4 is 4.74 Å². The third kappa shape index (κ3) is 1.68. The quantitative estimate of drug-likeness (QED) is 0.821. The van der Waals surface area contributed by atoms with Gasteiger partial charge in [0.25, 0.3) is 0 Å². The highest BCUT2D eigenvalue weighted by atomic mass is 16.5. The fourth-order valence-electron chi connectivity index (χ4n) is 2.47. The molecule has 3 atom stereocenters. The Morgan fingerprint density at radius 3 is 3.00 bits per heavy atom. The van der Waals surface area contributed by atoms with Crippen LogP contribution in [0.25, 0.3) is 0 Å². The average molecular weight is 253 g/mol. The molecule has 0 amide bonds. The van der Waals surface area contributed by atoms with Crippen molar-refractivity contribution in [2.75, 3.05) is 0 Å². The fraction of sp³-hybridized carbons (Fsp3) is 0.357. The van der Waals surface area contributed by atoms with Crippen molar-refractivity contribution in [1.29, 1.82) is 5.26 Å². The summed E-state index contributed by atoms with van der Waals surface area (Å²) in [5.41, 5.74) is 1.17. The topological polar surface area (TPSA) is 71.9 Å². The monoisotopic (exact) mass is 253 g/mol. The van der Waals surface area contributed by atoms with E-state index in [9.17, 15) is 0 Å². The molecule has 1 aromatic carbocycles. The van der Waals surface area contributed by atoms with Gasteiger partial charge in [-0.2, -0.15) is 10.2 Å². The molecular weight excluding hydrogens is 242 g/mol. The molecule has 1 aliphatic carbocycles. The SMILES string of the molecule is N#CC1CC1c1nc(C2Cc3ccccc3O2)no1. The molecule has 4 rings (SSSR count). The summed E-state index contributed by atoms with van der Waals surface area (Å²) < 4.78 is 11.0. The highest BCUT2D eigenvalue weighted by Gasteiger charge is 2.43. The second-order valence-corrected chi connectivity index (χ2v) is 4.99. The first-order chi connectivity index (χ1) is 9.35. The second kappa shape index (κ2) is 3.82. The molecule has 5 heteroatoms. The summed E-state index contributed by atoms with van der Waals surface area (Å²) in [7, 11) is 0. The first-order valence-corrected chi connectivity index (χ1v) is 6.33. The van der Waals surface area contributed by atoms with Gasteiger partial charge in [-0.1, -0.05) is 23.4 Å². The molecule has 1 saturated carbocycles. The molecule has 1 aromatic heterocycles. The number of fused-ring (bicyclic) bond motifs is 1. The molecule has 2 heterocycles. The van der Waals surface area contributed by atoms with Crippen molar-refractivity contribution in [3.8, 4) is 11.8 Å². The molecule has 0 bridgehead atoms. The van der Waals surface area contributed by atoms with Gasteiger partial charge in [0.1, 0.15) is 5.75 Å². The van der Waals surface area contributed by atoms with Crippen LogP contribution in [0.2, 0.25) is 0 Å². The maximum Gasteiger partial charge on any atom is 0.231 e. The van der Waals surface area contributed by atoms with Crippen LogP contribution in [0.3, 0.4) is 0 Å². The summed E-state index contributed by atoms with van der Waals surface area (Å²) in [6.07, 6.45) is 1.42. The van der Waals surface area contributed by atoms with Crippen LogP contribution in [0.1, 0.15) is 35.7 Å². The number of rotatable bonds is 2. The lowest BCUT2D eigenvalue weighted by Gasteiger charge is -2.04. The largest absolute Gasteiger partial charge is 0.482 e. The first-order valence-electron chi connectivity index (χ1n) is 6.33. The van der Waals surface area contributed by atoms with Crippen LogP contribution in [0.15, 0.2) is 28.8 Å². The molecular formula is C14H11N3O2. The van der Waals surface area contributed by atoms with E-state index >= 15 is 0 Å². The Morgan fingerprint density at radius 2 is 2.21 bits per heavy atom. The Kier molecular flexibility index (Phi) is 2.12. The van der Waals surface area contributed by atoms with E-state index in [1.165, 1.54) is 5.56 Å². The molecule has 1 fully saturated rings. The van der Waals surface area contributed by atoms with Gasteiger partial charge in [-0.15, -0.1) is 0 Å². The van der Waals surface area contributed by atoms with Crippen molar-refractivity contribution >= 4 is 0 Å². The Hall–Kier alpha value is -2.35. The molecule has 0 saturated heterocycles. The average Bonchev–Trinajstić information content (AvgIpc) is 2.89. The Bertz CT molecular complexity index is 648. The standard InChI is InChI=1S/C14H11N3O2/c15-7-9-5-10(9)14-16-13(17-19-14)12-6-8-3-1-2-4-11(8)18-12/h1-4,9-10,12H,5-6H2. The van der Waals surface area contributed by atoms with Gasteiger partial charge in [-0.05, 0) is 18.1 Å². The van der Waals surface area contributed by atoms with E-state index in [0.29, 0.717) is 11.7 Å². The van der Waals surface area contributed by atoms with Gasteiger partial charge in [0, 0.05) is 6.42 Å². The molecule has 3 unspecified atom stereocenters. The van der Waals surface area contributed by atoms with Gasteiger partial charge in [-0.3, -0.25) is 0 Å². The van der Waals surface area contributed by atoms with E-state index in [0.717, 1.165) is 18.6 Å². The summed E-state index contributed by atoms with van der Waals surface area (Å²) in [5.74, 6) is 2.20. The van der Waals surface area contributed by atoms with Gasteiger partial charge in [0.05, 0.1) is 17.9 Å². The van der Waals surface area contributed by atoms with E-state index in [1.54, 1.807) is 0 Å². The molecule has 19 heavy (non-hydrogen) atoms. The fourth-order valence-corrected chi connectivity index (χ4v) is 2.47. The maximum atomic E-state index is 8.81. The number of nitriles is 1. The van der Waals surface area contributed by atoms with Crippen LogP contribution in [-0.4, -0.2) is 10.1 Å². The van der Waals surface area contributed by atoms with E-state index in [1.807, 2.05) is 24.3 Å². The third-order valence-electron chi connectivity index (χ3n) is 3.67. The predicted octanol–water partition coefficient (Wildman–Crippen LogP) is 2.37. The van der Waals surface area contributed by atoms with Crippen molar-refractivity contribution in [1.82, 2.24) is 10.1 Å². The number of nitrogens with zero attached hydrogens (tertiary/aromatic N) is 3. The molecule has 0 spiro atoms. The van der Waals surface area contributed by atoms with E-state index < -0.39 is 0 Å². The smallest absolute Gasteiger partial charge is 0.231 e. The highest BCUT2D eigenvalue weighted by Crippen LogP contribution is 2.46. The van der Waals surface area contributed by atoms with E-state index in [-0.39, 0.29) is 17.9 Å². The predicted molar refractivity (Wildman–Crippen MR) is 64.3 cm³/mol. The van der Waals surface area contributed by atoms with E-state index in [4.69, 9.17) is 14.5 Å². The summed E-state index contributed by atoms with van der Waals surface area (Å²) in [6.45, 7) is 0. The lowest BCUT2D eigenvalue weighted by molar-refractivity contribution is 0.221. The zero-order valence-electron chi connectivity index (χ0n) is 10.1. The number of ether oxygens (including phenoxy) is 1. The summed E-state index contributed by atoms with van der Waals surface area (Å²) in [6, 6.07) is 10.2. The minimum atomic E-state index is -0.172. The van der Waals surface area contributed by atoms with Crippen LogP contribution in [0.4, 0.5) is 0 Å². The summed E-state index contributed by atoms with van der Waals surface area (Å²) >= 11 is 0. The van der Waals surface area contributed by atoms with Crippen molar-refractivity contribution in [3.63, 3.8) is 0 Å². The highest BCUT2D eigenvalue weighted by molar-refractivity contribution is 5.38. The van der Waals surface area contributed by atoms with E-state index in [2.05, 4.69) is 16.2 Å². The van der Waals surface area contributed by atoms with Gasteiger partial charge >= 0.3 is 0 Å². The molecule has 0 N–H and O–H groups in total. The molecule has 5 nitrogen and oxygen atoms in total. The van der Waals surface area contributed by atoms with Gasteiger partial charge in [0.2, 0.25) is 11.7 Å². The van der Waals surface area contributed by atoms with Crippen molar-refractivity contribution in [2.45, 2.75) is 24.9 Å². The zero-order chi connectivity index (χ0) is 12.8. The van der Waals surface area contributed by atoms with Gasteiger partial charge < -0.3 is 9.26 Å². The number of hydrogen-bond acceptors (Lipinski definition) is 5. The molecule has 2 aromatic rings. The molecule has 0 radical (unpaired) electrons. The zero-order valence-corrected chi connectivity index (χ0v) is 10.1. The maximum absolute atomic E-state index is 8.81. The number of aromatic nitrogens is 2. The number of benzene rings is 1. The van der Waals surface area contributed by atoms with Crippen molar-refractivity contribution in [2.24, 2.45) is 5.92 Å². The van der Waals surface area contributed by atoms with Crippen LogP contribution in [0.5, 0.6) is 5.75 Å². The lowest BCUT2D eigenvalue weighted by Crippen LogP contribution is -2.05. The molecule has 2 aliphatic rings. The number of hydrogen-bond donors (Lipinski definition) is 0. The first kappa shape index (κ1) is 10.6. The third-order valence-corrected chi connectivity index (χ3v) is 3.67. The van der Waals surface area contributed by atoms with Gasteiger partial charge in [-0.25, -0.2) is 0 Å². The van der Waals surface area contributed by atoms with Crippen LogP contribution in [-0.2, 0) is 6.42 Å². The molecule has 94 valence electrons. The van der Waals surface area contributed by atoms with Gasteiger partial charge in [0.15, 0.2) is 6.10 Å². The summed E-state index contributed by atoms with van der Waals surface area (Å²) in [4.78, 5) is 4.38. The minimum absolute atomic E-state index is 0.0370. The van der Waals surface area contributed by atoms with Crippen molar-refractivity contribution in [3.05, 3.63) is 41.5 Å². The number of para-hydroxylation sites is 1. The normalized spacial score (nSPS) is 27.4. The minimum Gasteiger partial charge on any atom is -0.482 e. The van der Waals surface area contributed by atoms with Crippen LogP contribution in [0, 0.1) is 17.2 Å². The summed E-state index contributed by atoms with van der Waals surface area (Å²) in [5, 5.41) is 12.8. The Labute approximate surface area is 109 Å². The van der Waals surface area contributed by atoms with Crippen molar-refractivity contribution < 1.29 is 9.26 Å². The lowest BCUT2D eigenvalue weighted by atomic mass is 10.1. The Balaban J connectivity index is 1.55. The van der Waals surface area contributed by atoms with Crippen LogP contribution >= 0.6 is 0 Å². The Morgan fingerprint density at radius 1 is 1.32 bits per heavy atom. The molecule has 1 aliphatic heterocycles. The second-order valence-electron chi connectivity index (χ2n) is 4.99.